The maximum absolute atomic E-state index is 6.38. The van der Waals surface area contributed by atoms with E-state index in [0.29, 0.717) is 6.61 Å². The number of terminal acetylenes is 1. The van der Waals surface area contributed by atoms with E-state index in [1.165, 1.54) is 0 Å². The SMILES string of the molecule is C#C[Si](C)(C)O[C@@H]1[C@H](I)[C@@H](OC)O[C@@H]2COC(c3ccccc3)O[C@@H]12. The molecular formula is C18H23IO5Si. The second kappa shape index (κ2) is 8.04. The molecular weight excluding hydrogens is 451 g/mol. The number of benzene rings is 1. The first-order chi connectivity index (χ1) is 11.9. The van der Waals surface area contributed by atoms with Crippen LogP contribution in [0.4, 0.5) is 0 Å². The van der Waals surface area contributed by atoms with Gasteiger partial charge in [0.1, 0.15) is 12.2 Å². The summed E-state index contributed by atoms with van der Waals surface area (Å²) >= 11 is 2.31. The molecule has 3 rings (SSSR count). The molecule has 2 heterocycles. The van der Waals surface area contributed by atoms with Gasteiger partial charge in [-0.25, -0.2) is 0 Å². The van der Waals surface area contributed by atoms with Crippen LogP contribution in [0.5, 0.6) is 0 Å². The molecule has 6 atom stereocenters. The van der Waals surface area contributed by atoms with Gasteiger partial charge in [-0.05, 0) is 13.1 Å². The summed E-state index contributed by atoms with van der Waals surface area (Å²) in [4.78, 5) is 0. The molecule has 0 N–H and O–H groups in total. The van der Waals surface area contributed by atoms with Gasteiger partial charge >= 0.3 is 0 Å². The number of halogens is 1. The summed E-state index contributed by atoms with van der Waals surface area (Å²) in [5.41, 5.74) is 3.80. The van der Waals surface area contributed by atoms with Crippen LogP contribution in [0.2, 0.25) is 13.1 Å². The quantitative estimate of drug-likeness (QED) is 0.291. The average molecular weight is 474 g/mol. The van der Waals surface area contributed by atoms with Crippen molar-refractivity contribution in [3.8, 4) is 12.0 Å². The Balaban J connectivity index is 1.83. The number of ether oxygens (including phenoxy) is 4. The van der Waals surface area contributed by atoms with Crippen LogP contribution in [0.3, 0.4) is 0 Å². The predicted molar refractivity (Wildman–Crippen MR) is 105 cm³/mol. The minimum Gasteiger partial charge on any atom is -0.399 e. The van der Waals surface area contributed by atoms with Gasteiger partial charge in [0.05, 0.1) is 16.6 Å². The van der Waals surface area contributed by atoms with E-state index in [-0.39, 0.29) is 28.5 Å². The molecule has 1 aromatic rings. The van der Waals surface area contributed by atoms with Crippen molar-refractivity contribution in [3.63, 3.8) is 0 Å². The maximum atomic E-state index is 6.38. The van der Waals surface area contributed by atoms with Crippen molar-refractivity contribution in [1.82, 2.24) is 0 Å². The van der Waals surface area contributed by atoms with Crippen molar-refractivity contribution in [2.45, 2.75) is 47.9 Å². The standard InChI is InChI=1S/C18H23IO5Si/c1-5-25(3,4)24-16-14(19)18(20-2)22-13-11-21-17(23-15(13)16)12-9-7-6-8-10-12/h1,6-10,13-18H,11H2,2-4H3/t13-,14+,15-,16-,17?,18+/m1/s1. The Morgan fingerprint density at radius 1 is 1.24 bits per heavy atom. The van der Waals surface area contributed by atoms with Crippen LogP contribution in [0.1, 0.15) is 11.9 Å². The summed E-state index contributed by atoms with van der Waals surface area (Å²) < 4.78 is 30.0. The molecule has 7 heteroatoms. The zero-order valence-corrected chi connectivity index (χ0v) is 17.7. The highest BCUT2D eigenvalue weighted by Gasteiger charge is 2.51. The molecule has 1 unspecified atom stereocenters. The topological polar surface area (TPSA) is 46.2 Å². The Labute approximate surface area is 163 Å². The number of hydrogen-bond acceptors (Lipinski definition) is 5. The van der Waals surface area contributed by atoms with Gasteiger partial charge in [0.15, 0.2) is 12.6 Å². The summed E-state index contributed by atoms with van der Waals surface area (Å²) in [5, 5.41) is 0. The van der Waals surface area contributed by atoms with E-state index in [1.807, 2.05) is 43.4 Å². The number of alkyl halides is 1. The Kier molecular flexibility index (Phi) is 6.21. The molecule has 25 heavy (non-hydrogen) atoms. The third kappa shape index (κ3) is 4.27. The van der Waals surface area contributed by atoms with Gasteiger partial charge in [0, 0.05) is 12.7 Å². The van der Waals surface area contributed by atoms with Crippen LogP contribution >= 0.6 is 22.6 Å². The highest BCUT2D eigenvalue weighted by molar-refractivity contribution is 14.1. The molecule has 2 aliphatic rings. The lowest BCUT2D eigenvalue weighted by molar-refractivity contribution is -0.328. The van der Waals surface area contributed by atoms with E-state index in [9.17, 15) is 0 Å². The molecule has 0 spiro atoms. The summed E-state index contributed by atoms with van der Waals surface area (Å²) in [5.74, 6) is 0. The van der Waals surface area contributed by atoms with Crippen molar-refractivity contribution in [3.05, 3.63) is 35.9 Å². The lowest BCUT2D eigenvalue weighted by Crippen LogP contribution is -2.62. The number of fused-ring (bicyclic) bond motifs is 1. The Bertz CT molecular complexity index is 620. The largest absolute Gasteiger partial charge is 0.399 e. The van der Waals surface area contributed by atoms with Gasteiger partial charge in [-0.15, -0.1) is 12.0 Å². The minimum absolute atomic E-state index is 0.0292. The van der Waals surface area contributed by atoms with E-state index in [1.54, 1.807) is 7.11 Å². The van der Waals surface area contributed by atoms with Crippen molar-refractivity contribution < 1.29 is 23.4 Å². The molecule has 0 aliphatic carbocycles. The van der Waals surface area contributed by atoms with Gasteiger partial charge in [-0.2, -0.15) is 0 Å². The van der Waals surface area contributed by atoms with Crippen molar-refractivity contribution in [1.29, 1.82) is 0 Å². The fraction of sp³-hybridized carbons (Fsp3) is 0.556. The second-order valence-corrected chi connectivity index (χ2v) is 11.6. The molecule has 136 valence electrons. The Morgan fingerprint density at radius 2 is 1.96 bits per heavy atom. The summed E-state index contributed by atoms with van der Waals surface area (Å²) in [7, 11) is -0.602. The third-order valence-corrected chi connectivity index (χ3v) is 7.20. The van der Waals surface area contributed by atoms with Crippen molar-refractivity contribution >= 4 is 30.9 Å². The predicted octanol–water partition coefficient (Wildman–Crippen LogP) is 3.04. The Hall–Kier alpha value is -0.473. The van der Waals surface area contributed by atoms with Crippen molar-refractivity contribution in [2.75, 3.05) is 13.7 Å². The van der Waals surface area contributed by atoms with Crippen LogP contribution in [0.15, 0.2) is 30.3 Å². The monoisotopic (exact) mass is 474 g/mol. The number of rotatable bonds is 4. The molecule has 0 bridgehead atoms. The molecule has 2 aliphatic heterocycles. The maximum Gasteiger partial charge on any atom is 0.266 e. The van der Waals surface area contributed by atoms with Crippen LogP contribution in [0, 0.1) is 12.0 Å². The molecule has 0 saturated carbocycles. The molecule has 0 aromatic heterocycles. The zero-order chi connectivity index (χ0) is 18.0. The van der Waals surface area contributed by atoms with E-state index in [4.69, 9.17) is 29.8 Å². The first-order valence-corrected chi connectivity index (χ1v) is 12.4. The van der Waals surface area contributed by atoms with Gasteiger partial charge in [0.2, 0.25) is 0 Å². The zero-order valence-electron chi connectivity index (χ0n) is 14.6. The Morgan fingerprint density at radius 3 is 2.60 bits per heavy atom. The number of methoxy groups -OCH3 is 1. The van der Waals surface area contributed by atoms with Gasteiger partial charge in [0.25, 0.3) is 8.32 Å². The van der Waals surface area contributed by atoms with Gasteiger partial charge < -0.3 is 23.4 Å². The molecule has 2 fully saturated rings. The van der Waals surface area contributed by atoms with E-state index >= 15 is 0 Å². The summed E-state index contributed by atoms with van der Waals surface area (Å²) in [6.07, 6.45) is 4.15. The van der Waals surface area contributed by atoms with Crippen LogP contribution in [-0.2, 0) is 23.4 Å². The molecule has 5 nitrogen and oxygen atoms in total. The molecule has 0 amide bonds. The lowest BCUT2D eigenvalue weighted by Gasteiger charge is -2.48. The molecule has 1 aromatic carbocycles. The summed E-state index contributed by atoms with van der Waals surface area (Å²) in [6.45, 7) is 4.44. The minimum atomic E-state index is -2.24. The van der Waals surface area contributed by atoms with Crippen LogP contribution in [-0.4, -0.2) is 50.6 Å². The van der Waals surface area contributed by atoms with E-state index < -0.39 is 14.6 Å². The molecule has 2 saturated heterocycles. The van der Waals surface area contributed by atoms with Crippen LogP contribution in [0.25, 0.3) is 0 Å². The smallest absolute Gasteiger partial charge is 0.266 e. The molecule has 0 radical (unpaired) electrons. The van der Waals surface area contributed by atoms with Crippen LogP contribution < -0.4 is 0 Å². The summed E-state index contributed by atoms with van der Waals surface area (Å²) in [6, 6.07) is 9.88. The van der Waals surface area contributed by atoms with Gasteiger partial charge in [-0.1, -0.05) is 52.9 Å². The highest BCUT2D eigenvalue weighted by atomic mass is 127. The first kappa shape index (κ1) is 19.3. The van der Waals surface area contributed by atoms with E-state index in [0.717, 1.165) is 5.56 Å². The highest BCUT2D eigenvalue weighted by Crippen LogP contribution is 2.38. The fourth-order valence-electron chi connectivity index (χ4n) is 3.01. The lowest BCUT2D eigenvalue weighted by atomic mass is 10.00. The average Bonchev–Trinajstić information content (AvgIpc) is 2.64. The van der Waals surface area contributed by atoms with Gasteiger partial charge in [-0.3, -0.25) is 0 Å². The third-order valence-electron chi connectivity index (χ3n) is 4.35. The van der Waals surface area contributed by atoms with Crippen molar-refractivity contribution in [2.24, 2.45) is 0 Å². The fourth-order valence-corrected chi connectivity index (χ4v) is 5.34. The first-order valence-electron chi connectivity index (χ1n) is 8.25. The van der Waals surface area contributed by atoms with E-state index in [2.05, 4.69) is 28.1 Å². The normalized spacial score (nSPS) is 35.6. The second-order valence-electron chi connectivity index (χ2n) is 6.64. The number of hydrogen-bond donors (Lipinski definition) is 0.